The summed E-state index contributed by atoms with van der Waals surface area (Å²) in [7, 11) is 0. The van der Waals surface area contributed by atoms with Gasteiger partial charge >= 0.3 is 0 Å². The van der Waals surface area contributed by atoms with Crippen LogP contribution in [-0.4, -0.2) is 28.5 Å². The van der Waals surface area contributed by atoms with Crippen molar-refractivity contribution in [2.75, 3.05) is 6.54 Å². The van der Waals surface area contributed by atoms with Gasteiger partial charge in [0.2, 0.25) is 0 Å². The van der Waals surface area contributed by atoms with Gasteiger partial charge in [0, 0.05) is 6.04 Å². The molecule has 0 rings (SSSR count). The smallest absolute Gasteiger partial charge is 0.0899 e. The standard InChI is InChI=1S/C9H20N2S/c1-5-7(3)11(6-2)8(4)9(10)12/h7-8H,5-6H2,1-4H3,(H2,10,12). The van der Waals surface area contributed by atoms with E-state index in [0.717, 1.165) is 13.0 Å². The van der Waals surface area contributed by atoms with Gasteiger partial charge in [0.1, 0.15) is 0 Å². The predicted molar refractivity (Wildman–Crippen MR) is 58.4 cm³/mol. The number of likely N-dealkylation sites (N-methyl/N-ethyl adjacent to an activating group) is 1. The molecule has 0 saturated carbocycles. The molecule has 0 radical (unpaired) electrons. The molecule has 0 aliphatic heterocycles. The van der Waals surface area contributed by atoms with Crippen LogP contribution in [0.3, 0.4) is 0 Å². The first-order valence-corrected chi connectivity index (χ1v) is 5.00. The van der Waals surface area contributed by atoms with Gasteiger partial charge in [-0.1, -0.05) is 26.1 Å². The number of hydrogen-bond donors (Lipinski definition) is 1. The van der Waals surface area contributed by atoms with Crippen LogP contribution in [0.5, 0.6) is 0 Å². The van der Waals surface area contributed by atoms with Crippen molar-refractivity contribution in [1.29, 1.82) is 0 Å². The fourth-order valence-electron chi connectivity index (χ4n) is 1.37. The number of nitrogens with zero attached hydrogens (tertiary/aromatic N) is 1. The van der Waals surface area contributed by atoms with E-state index in [4.69, 9.17) is 18.0 Å². The van der Waals surface area contributed by atoms with E-state index in [1.807, 2.05) is 0 Å². The second-order valence-electron chi connectivity index (χ2n) is 3.17. The fraction of sp³-hybridized carbons (Fsp3) is 0.889. The van der Waals surface area contributed by atoms with Crippen LogP contribution in [0, 0.1) is 0 Å². The van der Waals surface area contributed by atoms with Crippen LogP contribution in [0.25, 0.3) is 0 Å². The molecule has 0 fully saturated rings. The summed E-state index contributed by atoms with van der Waals surface area (Å²) in [6.07, 6.45) is 1.14. The van der Waals surface area contributed by atoms with E-state index in [1.54, 1.807) is 0 Å². The van der Waals surface area contributed by atoms with Gasteiger partial charge in [-0.2, -0.15) is 0 Å². The highest BCUT2D eigenvalue weighted by Gasteiger charge is 2.18. The summed E-state index contributed by atoms with van der Waals surface area (Å²) in [5.41, 5.74) is 5.59. The van der Waals surface area contributed by atoms with Gasteiger partial charge in [-0.05, 0) is 26.8 Å². The van der Waals surface area contributed by atoms with Crippen molar-refractivity contribution in [3.05, 3.63) is 0 Å². The highest BCUT2D eigenvalue weighted by atomic mass is 32.1. The SMILES string of the molecule is CCC(C)N(CC)C(C)C(N)=S. The van der Waals surface area contributed by atoms with Crippen molar-refractivity contribution in [1.82, 2.24) is 4.90 Å². The maximum absolute atomic E-state index is 5.59. The number of nitrogens with two attached hydrogens (primary N) is 1. The van der Waals surface area contributed by atoms with Gasteiger partial charge in [-0.25, -0.2) is 0 Å². The molecule has 0 aromatic rings. The minimum absolute atomic E-state index is 0.222. The minimum Gasteiger partial charge on any atom is -0.392 e. The van der Waals surface area contributed by atoms with E-state index in [9.17, 15) is 0 Å². The first-order chi connectivity index (χ1) is 5.54. The molecule has 0 aromatic carbocycles. The number of hydrogen-bond acceptors (Lipinski definition) is 2. The summed E-state index contributed by atoms with van der Waals surface area (Å²) >= 11 is 4.96. The summed E-state index contributed by atoms with van der Waals surface area (Å²) < 4.78 is 0. The van der Waals surface area contributed by atoms with Crippen LogP contribution >= 0.6 is 12.2 Å². The second-order valence-corrected chi connectivity index (χ2v) is 3.64. The quantitative estimate of drug-likeness (QED) is 0.667. The minimum atomic E-state index is 0.222. The fourth-order valence-corrected chi connectivity index (χ4v) is 1.50. The Morgan fingerprint density at radius 1 is 1.42 bits per heavy atom. The van der Waals surface area contributed by atoms with Crippen molar-refractivity contribution >= 4 is 17.2 Å². The maximum atomic E-state index is 5.59. The first kappa shape index (κ1) is 11.8. The van der Waals surface area contributed by atoms with Gasteiger partial charge in [0.15, 0.2) is 0 Å². The van der Waals surface area contributed by atoms with E-state index < -0.39 is 0 Å². The highest BCUT2D eigenvalue weighted by molar-refractivity contribution is 7.80. The molecule has 0 aliphatic carbocycles. The molecule has 0 aromatic heterocycles. The molecule has 2 unspecified atom stereocenters. The average molecular weight is 188 g/mol. The van der Waals surface area contributed by atoms with Crippen molar-refractivity contribution < 1.29 is 0 Å². The third-order valence-electron chi connectivity index (χ3n) is 2.43. The molecule has 12 heavy (non-hydrogen) atoms. The number of thiocarbonyl (C=S) groups is 1. The van der Waals surface area contributed by atoms with Crippen LogP contribution < -0.4 is 5.73 Å². The van der Waals surface area contributed by atoms with Gasteiger partial charge in [0.05, 0.1) is 11.0 Å². The molecule has 2 atom stereocenters. The van der Waals surface area contributed by atoms with Gasteiger partial charge in [-0.15, -0.1) is 0 Å². The normalized spacial score (nSPS) is 16.1. The Bertz CT molecular complexity index is 147. The lowest BCUT2D eigenvalue weighted by atomic mass is 10.1. The van der Waals surface area contributed by atoms with Crippen LogP contribution in [0.4, 0.5) is 0 Å². The van der Waals surface area contributed by atoms with Crippen molar-refractivity contribution in [3.8, 4) is 0 Å². The van der Waals surface area contributed by atoms with E-state index >= 15 is 0 Å². The molecule has 0 spiro atoms. The lowest BCUT2D eigenvalue weighted by molar-refractivity contribution is 0.197. The zero-order valence-corrected chi connectivity index (χ0v) is 9.32. The summed E-state index contributed by atoms with van der Waals surface area (Å²) in [6, 6.07) is 0.784. The number of rotatable bonds is 5. The summed E-state index contributed by atoms with van der Waals surface area (Å²) in [6.45, 7) is 9.60. The van der Waals surface area contributed by atoms with Gasteiger partial charge in [0.25, 0.3) is 0 Å². The maximum Gasteiger partial charge on any atom is 0.0899 e. The summed E-state index contributed by atoms with van der Waals surface area (Å²) in [5.74, 6) is 0. The Hall–Kier alpha value is -0.150. The average Bonchev–Trinajstić information content (AvgIpc) is 2.05. The third-order valence-corrected chi connectivity index (χ3v) is 2.77. The van der Waals surface area contributed by atoms with Gasteiger partial charge < -0.3 is 5.73 Å². The summed E-state index contributed by atoms with van der Waals surface area (Å²) in [4.78, 5) is 2.92. The Labute approximate surface area is 81.1 Å². The van der Waals surface area contributed by atoms with E-state index in [1.165, 1.54) is 0 Å². The van der Waals surface area contributed by atoms with Crippen molar-refractivity contribution in [3.63, 3.8) is 0 Å². The molecular formula is C9H20N2S. The van der Waals surface area contributed by atoms with E-state index in [0.29, 0.717) is 11.0 Å². The Morgan fingerprint density at radius 2 is 1.92 bits per heavy atom. The molecule has 72 valence electrons. The van der Waals surface area contributed by atoms with Crippen molar-refractivity contribution in [2.24, 2.45) is 5.73 Å². The molecule has 2 N–H and O–H groups in total. The first-order valence-electron chi connectivity index (χ1n) is 4.59. The largest absolute Gasteiger partial charge is 0.392 e. The van der Waals surface area contributed by atoms with Crippen LogP contribution in [0.2, 0.25) is 0 Å². The lowest BCUT2D eigenvalue weighted by Gasteiger charge is -2.32. The molecule has 0 heterocycles. The molecule has 0 amide bonds. The van der Waals surface area contributed by atoms with Gasteiger partial charge in [-0.3, -0.25) is 4.90 Å². The molecule has 2 nitrogen and oxygen atoms in total. The monoisotopic (exact) mass is 188 g/mol. The zero-order valence-electron chi connectivity index (χ0n) is 8.50. The van der Waals surface area contributed by atoms with E-state index in [-0.39, 0.29) is 6.04 Å². The Balaban J connectivity index is 4.23. The second kappa shape index (κ2) is 5.49. The third kappa shape index (κ3) is 3.07. The van der Waals surface area contributed by atoms with Crippen LogP contribution in [-0.2, 0) is 0 Å². The summed E-state index contributed by atoms with van der Waals surface area (Å²) in [5, 5.41) is 0. The highest BCUT2D eigenvalue weighted by Crippen LogP contribution is 2.08. The van der Waals surface area contributed by atoms with Crippen molar-refractivity contribution in [2.45, 2.75) is 46.2 Å². The predicted octanol–water partition coefficient (Wildman–Crippen LogP) is 1.78. The molecule has 3 heteroatoms. The lowest BCUT2D eigenvalue weighted by Crippen LogP contribution is -2.46. The topological polar surface area (TPSA) is 29.3 Å². The van der Waals surface area contributed by atoms with E-state index in [2.05, 4.69) is 32.6 Å². The Kier molecular flexibility index (Phi) is 5.42. The molecule has 0 bridgehead atoms. The zero-order chi connectivity index (χ0) is 9.72. The molecular weight excluding hydrogens is 168 g/mol. The van der Waals surface area contributed by atoms with Crippen LogP contribution in [0.1, 0.15) is 34.1 Å². The molecule has 0 aliphatic rings. The van der Waals surface area contributed by atoms with Crippen LogP contribution in [0.15, 0.2) is 0 Å². The Morgan fingerprint density at radius 3 is 2.17 bits per heavy atom. The molecule has 0 saturated heterocycles.